The van der Waals surface area contributed by atoms with Crippen LogP contribution in [0.4, 0.5) is 10.5 Å². The summed E-state index contributed by atoms with van der Waals surface area (Å²) >= 11 is 7.74. The van der Waals surface area contributed by atoms with Crippen molar-refractivity contribution in [3.8, 4) is 5.75 Å². The maximum absolute atomic E-state index is 14.0. The lowest BCUT2D eigenvalue weighted by molar-refractivity contribution is -0.157. The van der Waals surface area contributed by atoms with Gasteiger partial charge in [-0.3, -0.25) is 19.7 Å². The molecule has 2 N–H and O–H groups in total. The van der Waals surface area contributed by atoms with Crippen LogP contribution >= 0.6 is 23.2 Å². The number of carbonyl (C=O) groups excluding carboxylic acids is 4. The highest BCUT2D eigenvalue weighted by Gasteiger charge is 2.64. The first-order valence-corrected chi connectivity index (χ1v) is 17.6. The van der Waals surface area contributed by atoms with Gasteiger partial charge in [0.2, 0.25) is 11.8 Å². The van der Waals surface area contributed by atoms with Gasteiger partial charge in [-0.1, -0.05) is 42.3 Å². The first-order valence-electron chi connectivity index (χ1n) is 16.2. The Morgan fingerprint density at radius 1 is 1.28 bits per heavy atom. The molecule has 2 radical (unpaired) electrons. The van der Waals surface area contributed by atoms with Crippen LogP contribution in [0.5, 0.6) is 5.75 Å². The predicted octanol–water partition coefficient (Wildman–Crippen LogP) is 3.33. The minimum Gasteiger partial charge on any atom is -0.495 e. The fourth-order valence-electron chi connectivity index (χ4n) is 6.42. The molecule has 4 bridgehead atoms. The van der Waals surface area contributed by atoms with Gasteiger partial charge < -0.3 is 38.6 Å². The van der Waals surface area contributed by atoms with Gasteiger partial charge in [0.25, 0.3) is 0 Å². The molecule has 7 atom stereocenters. The Morgan fingerprint density at radius 3 is 2.66 bits per heavy atom. The van der Waals surface area contributed by atoms with E-state index in [2.05, 4.69) is 5.32 Å². The van der Waals surface area contributed by atoms with E-state index in [-0.39, 0.29) is 36.7 Å². The summed E-state index contributed by atoms with van der Waals surface area (Å²) in [5, 5.41) is 14.4. The predicted molar refractivity (Wildman–Crippen MR) is 189 cm³/mol. The zero-order valence-electron chi connectivity index (χ0n) is 29.4. The fourth-order valence-corrected chi connectivity index (χ4v) is 7.03. The molecule has 0 unspecified atom stereocenters. The van der Waals surface area contributed by atoms with Crippen molar-refractivity contribution in [3.63, 3.8) is 0 Å². The van der Waals surface area contributed by atoms with E-state index < -0.39 is 59.6 Å². The summed E-state index contributed by atoms with van der Waals surface area (Å²) in [4.78, 5) is 55.1. The van der Waals surface area contributed by atoms with Crippen molar-refractivity contribution >= 4 is 59.9 Å². The molecule has 0 saturated carbocycles. The first-order chi connectivity index (χ1) is 23.6. The van der Waals surface area contributed by atoms with Crippen LogP contribution in [0.3, 0.4) is 0 Å². The summed E-state index contributed by atoms with van der Waals surface area (Å²) < 4.78 is 28.9. The second kappa shape index (κ2) is 16.4. The van der Waals surface area contributed by atoms with Crippen LogP contribution in [-0.4, -0.2) is 117 Å². The number of anilines is 1. The van der Waals surface area contributed by atoms with Crippen molar-refractivity contribution in [1.29, 1.82) is 0 Å². The van der Waals surface area contributed by atoms with Gasteiger partial charge in [0, 0.05) is 40.0 Å². The molecule has 3 amide bonds. The van der Waals surface area contributed by atoms with Crippen LogP contribution in [-0.2, 0) is 39.8 Å². The Labute approximate surface area is 303 Å². The lowest BCUT2D eigenvalue weighted by Crippen LogP contribution is -2.63. The highest BCUT2D eigenvalue weighted by Crippen LogP contribution is 2.49. The lowest BCUT2D eigenvalue weighted by atomic mass is 9.83. The molecular weight excluding hydrogens is 689 g/mol. The molecule has 2 saturated heterocycles. The molecule has 3 aliphatic rings. The van der Waals surface area contributed by atoms with E-state index in [9.17, 15) is 24.3 Å². The van der Waals surface area contributed by atoms with Gasteiger partial charge in [-0.2, -0.15) is 0 Å². The number of nitrogens with one attached hydrogen (secondary N) is 1. The number of likely N-dealkylation sites (N-methyl/N-ethyl adjacent to an activating group) is 1. The summed E-state index contributed by atoms with van der Waals surface area (Å²) in [6.07, 6.45) is 1.09. The zero-order valence-corrected chi connectivity index (χ0v) is 31.0. The van der Waals surface area contributed by atoms with Gasteiger partial charge in [0.1, 0.15) is 41.2 Å². The summed E-state index contributed by atoms with van der Waals surface area (Å²) in [7, 11) is 11.4. The standard InChI is InChI=1S/C34H45BClN3O10S/c1-19-9-8-10-25(46-7)34(44)17-24(47-32(43)37-34)20(2)31-33(3,49-31)26(48-29(42)18-38(4)27(40)11-12-50-35)16-28(41)39(5)22-14-21(13-19)15-23(45-6)30(22)36/h8-10,14-15,20,24-26,31,44H,11-13,16-18H2,1-7H3,(H,37,43)/b10-8+,19-9+/t20-,24+,25-,26+,31+,33+,34+/m1/s1. The molecule has 0 aromatic heterocycles. The second-order valence-electron chi connectivity index (χ2n) is 13.1. The minimum atomic E-state index is -1.82. The largest absolute Gasteiger partial charge is 0.495 e. The molecule has 3 heterocycles. The molecular formula is C34H45BClN3O10S. The molecule has 272 valence electrons. The number of ether oxygens (including phenoxy) is 5. The summed E-state index contributed by atoms with van der Waals surface area (Å²) in [5.41, 5.74) is -0.903. The number of benzene rings is 1. The number of rotatable bonds is 8. The van der Waals surface area contributed by atoms with E-state index >= 15 is 0 Å². The normalized spacial score (nSPS) is 31.7. The molecule has 1 aromatic carbocycles. The Hall–Kier alpha value is -3.24. The van der Waals surface area contributed by atoms with Crippen molar-refractivity contribution in [2.75, 3.05) is 45.5 Å². The van der Waals surface area contributed by atoms with E-state index in [0.29, 0.717) is 23.6 Å². The van der Waals surface area contributed by atoms with Crippen molar-refractivity contribution in [2.24, 2.45) is 5.92 Å². The molecule has 1 aromatic rings. The third-order valence-electron chi connectivity index (χ3n) is 9.45. The van der Waals surface area contributed by atoms with Crippen LogP contribution in [0, 0.1) is 5.92 Å². The number of hydrogen-bond acceptors (Lipinski definition) is 11. The Morgan fingerprint density at radius 2 is 2.00 bits per heavy atom. The number of amides is 3. The molecule has 50 heavy (non-hydrogen) atoms. The van der Waals surface area contributed by atoms with Gasteiger partial charge in [0.15, 0.2) is 12.8 Å². The van der Waals surface area contributed by atoms with E-state index in [1.807, 2.05) is 13.0 Å². The van der Waals surface area contributed by atoms with Crippen molar-refractivity contribution in [3.05, 3.63) is 46.5 Å². The van der Waals surface area contributed by atoms with Gasteiger partial charge in [-0.05, 0) is 43.7 Å². The minimum absolute atomic E-state index is 0.0500. The lowest BCUT2D eigenvalue weighted by Gasteiger charge is -2.42. The van der Waals surface area contributed by atoms with E-state index in [1.165, 1.54) is 31.1 Å². The van der Waals surface area contributed by atoms with Crippen molar-refractivity contribution in [1.82, 2.24) is 10.2 Å². The SMILES string of the molecule is [B]SCCC(=O)N(C)CC(=O)O[C@H]1CC(=O)N(C)c2cc(cc(OC)c2Cl)C/C(C)=C/C=C/[C@@H](OC)[C@@]2(O)C[C@H](OC(=O)N2)[C@@H](C)[C@@H]2O[C@@]12C. The molecule has 3 aliphatic heterocycles. The Kier molecular flexibility index (Phi) is 13.0. The maximum Gasteiger partial charge on any atom is 0.409 e. The van der Waals surface area contributed by atoms with E-state index in [1.54, 1.807) is 45.2 Å². The highest BCUT2D eigenvalue weighted by molar-refractivity contribution is 8.19. The molecule has 4 rings (SSSR count). The number of alkyl carbamates (subject to hydrolysis) is 1. The number of methoxy groups -OCH3 is 2. The number of hydrogen-bond donors (Lipinski definition) is 2. The zero-order chi connectivity index (χ0) is 37.0. The molecule has 2 fully saturated rings. The summed E-state index contributed by atoms with van der Waals surface area (Å²) in [6, 6.07) is 3.57. The van der Waals surface area contributed by atoms with Crippen LogP contribution in [0.2, 0.25) is 5.02 Å². The Balaban J connectivity index is 1.74. The average molecular weight is 734 g/mol. The van der Waals surface area contributed by atoms with E-state index in [0.717, 1.165) is 22.7 Å². The highest BCUT2D eigenvalue weighted by atomic mass is 35.5. The third-order valence-corrected chi connectivity index (χ3v) is 10.3. The number of epoxide rings is 1. The number of fused-ring (bicyclic) bond motifs is 5. The van der Waals surface area contributed by atoms with Crippen LogP contribution in [0.1, 0.15) is 45.6 Å². The van der Waals surface area contributed by atoms with Crippen LogP contribution < -0.4 is 15.0 Å². The number of nitrogens with zero attached hydrogens (tertiary/aromatic N) is 2. The van der Waals surface area contributed by atoms with Crippen molar-refractivity contribution < 1.29 is 48.0 Å². The van der Waals surface area contributed by atoms with Gasteiger partial charge in [0.05, 0.1) is 25.3 Å². The van der Waals surface area contributed by atoms with Gasteiger partial charge in [-0.25, -0.2) is 16.4 Å². The van der Waals surface area contributed by atoms with Crippen molar-refractivity contribution in [2.45, 2.75) is 82.2 Å². The summed E-state index contributed by atoms with van der Waals surface area (Å²) in [5.74, 6) is -1.25. The average Bonchev–Trinajstić information content (AvgIpc) is 3.76. The quantitative estimate of drug-likeness (QED) is 0.230. The molecule has 0 spiro atoms. The second-order valence-corrected chi connectivity index (χ2v) is 14.3. The molecule has 13 nitrogen and oxygen atoms in total. The van der Waals surface area contributed by atoms with Crippen LogP contribution in [0.15, 0.2) is 35.9 Å². The first kappa shape index (κ1) is 39.5. The smallest absolute Gasteiger partial charge is 0.409 e. The Bertz CT molecular complexity index is 1530. The topological polar surface area (TPSA) is 156 Å². The third kappa shape index (κ3) is 8.97. The number of esters is 1. The van der Waals surface area contributed by atoms with E-state index in [4.69, 9.17) is 42.4 Å². The maximum atomic E-state index is 14.0. The summed E-state index contributed by atoms with van der Waals surface area (Å²) in [6.45, 7) is 5.04. The van der Waals surface area contributed by atoms with Gasteiger partial charge >= 0.3 is 12.1 Å². The van der Waals surface area contributed by atoms with Gasteiger partial charge in [-0.15, -0.1) is 0 Å². The fraction of sp³-hybridized carbons (Fsp3) is 0.588. The molecule has 0 aliphatic carbocycles. The number of carbonyl (C=O) groups is 4. The van der Waals surface area contributed by atoms with Crippen LogP contribution in [0.25, 0.3) is 0 Å². The number of halogens is 1. The number of allylic oxidation sites excluding steroid dienone is 3. The number of aliphatic hydroxyl groups is 1. The monoisotopic (exact) mass is 733 g/mol. The molecule has 16 heteroatoms.